The molecule has 1 fully saturated rings. The molecule has 0 unspecified atom stereocenters. The average Bonchev–Trinajstić information content (AvgIpc) is 3.75. The van der Waals surface area contributed by atoms with Crippen molar-refractivity contribution in [2.75, 3.05) is 13.1 Å². The van der Waals surface area contributed by atoms with Crippen LogP contribution in [0.25, 0.3) is 34.2 Å². The molecule has 4 aromatic heterocycles. The van der Waals surface area contributed by atoms with E-state index >= 15 is 0 Å². The number of thiazole rings is 1. The van der Waals surface area contributed by atoms with Crippen LogP contribution in [-0.4, -0.2) is 34.0 Å². The second kappa shape index (κ2) is 10.6. The van der Waals surface area contributed by atoms with Gasteiger partial charge in [-0.1, -0.05) is 47.6 Å². The van der Waals surface area contributed by atoms with Crippen molar-refractivity contribution in [3.05, 3.63) is 91.3 Å². The molecule has 0 saturated carbocycles. The van der Waals surface area contributed by atoms with Crippen LogP contribution < -0.4 is 0 Å². The lowest BCUT2D eigenvalue weighted by molar-refractivity contribution is -0.125. The van der Waals surface area contributed by atoms with E-state index in [2.05, 4.69) is 16.6 Å². The van der Waals surface area contributed by atoms with Crippen LogP contribution in [0.5, 0.6) is 0 Å². The summed E-state index contributed by atoms with van der Waals surface area (Å²) in [7, 11) is 0. The molecule has 1 aliphatic rings. The molecule has 0 radical (unpaired) electrons. The van der Waals surface area contributed by atoms with E-state index in [1.807, 2.05) is 77.2 Å². The number of hydrogen-bond donors (Lipinski definition) is 0. The number of carbonyl (C=O) groups excluding carboxylic acids is 1. The molecule has 1 amide bonds. The zero-order valence-corrected chi connectivity index (χ0v) is 22.7. The average molecular weight is 544 g/mol. The molecule has 6 rings (SSSR count). The molecule has 0 atom stereocenters. The van der Waals surface area contributed by atoms with Gasteiger partial charge in [-0.3, -0.25) is 4.79 Å². The minimum Gasteiger partial charge on any atom is -0.360 e. The smallest absolute Gasteiger partial charge is 0.255 e. The molecule has 37 heavy (non-hydrogen) atoms. The Bertz CT molecular complexity index is 1510. The van der Waals surface area contributed by atoms with Crippen LogP contribution in [0.2, 0.25) is 0 Å². The van der Waals surface area contributed by atoms with Gasteiger partial charge in [-0.05, 0) is 48.7 Å². The van der Waals surface area contributed by atoms with Crippen molar-refractivity contribution < 1.29 is 9.32 Å². The number of hydrogen-bond acceptors (Lipinski definition) is 7. The fraction of sp³-hybridized carbons (Fsp3) is 0.207. The summed E-state index contributed by atoms with van der Waals surface area (Å²) in [6, 6.07) is 18.2. The Morgan fingerprint density at radius 2 is 1.78 bits per heavy atom. The Morgan fingerprint density at radius 1 is 1.00 bits per heavy atom. The van der Waals surface area contributed by atoms with Crippen molar-refractivity contribution in [2.45, 2.75) is 25.7 Å². The van der Waals surface area contributed by atoms with E-state index in [4.69, 9.17) is 9.51 Å². The maximum atomic E-state index is 13.6. The predicted molar refractivity (Wildman–Crippen MR) is 153 cm³/mol. The number of benzene rings is 1. The molecular formula is C29H25N3O2S3. The van der Waals surface area contributed by atoms with E-state index in [-0.39, 0.29) is 5.91 Å². The number of rotatable bonds is 6. The van der Waals surface area contributed by atoms with Gasteiger partial charge in [-0.15, -0.1) is 34.0 Å². The fourth-order valence-electron chi connectivity index (χ4n) is 4.74. The fourth-order valence-corrected chi connectivity index (χ4v) is 7.12. The van der Waals surface area contributed by atoms with E-state index < -0.39 is 0 Å². The molecule has 0 bridgehead atoms. The number of carbonyl (C=O) groups is 1. The molecule has 5 aromatic rings. The van der Waals surface area contributed by atoms with Crippen molar-refractivity contribution >= 4 is 51.6 Å². The van der Waals surface area contributed by atoms with Crippen LogP contribution >= 0.6 is 34.0 Å². The minimum atomic E-state index is 0.113. The van der Waals surface area contributed by atoms with Crippen LogP contribution in [-0.2, 0) is 4.79 Å². The summed E-state index contributed by atoms with van der Waals surface area (Å²) in [6.45, 7) is 3.40. The molecule has 1 aromatic carbocycles. The summed E-state index contributed by atoms with van der Waals surface area (Å²) in [5.74, 6) is 1.23. The lowest BCUT2D eigenvalue weighted by Gasteiger charge is -2.31. The van der Waals surface area contributed by atoms with Crippen LogP contribution in [0.4, 0.5) is 0 Å². The van der Waals surface area contributed by atoms with E-state index in [0.717, 1.165) is 74.5 Å². The summed E-state index contributed by atoms with van der Waals surface area (Å²) in [5.41, 5.74) is 4.50. The number of amides is 1. The van der Waals surface area contributed by atoms with Gasteiger partial charge in [0.05, 0.1) is 21.8 Å². The molecule has 8 heteroatoms. The lowest BCUT2D eigenvalue weighted by Crippen LogP contribution is -2.38. The first-order valence-electron chi connectivity index (χ1n) is 12.2. The zero-order chi connectivity index (χ0) is 25.2. The number of nitrogens with zero attached hydrogens (tertiary/aromatic N) is 3. The topological polar surface area (TPSA) is 59.2 Å². The van der Waals surface area contributed by atoms with Crippen LogP contribution in [0.1, 0.15) is 39.3 Å². The quantitative estimate of drug-likeness (QED) is 0.205. The third-order valence-electron chi connectivity index (χ3n) is 6.67. The highest BCUT2D eigenvalue weighted by molar-refractivity contribution is 7.12. The number of aromatic nitrogens is 2. The van der Waals surface area contributed by atoms with Crippen molar-refractivity contribution in [2.24, 2.45) is 0 Å². The van der Waals surface area contributed by atoms with Crippen LogP contribution in [0.15, 0.2) is 75.3 Å². The highest BCUT2D eigenvalue weighted by atomic mass is 32.1. The standard InChI is InChI=1S/C29H25N3O2S3/c1-19-26(27(31-34-19)20-7-3-2-4-8-20)24-18-37-28(30-24)21-11-13-32(14-12-21)29(33)23(25-10-6-16-36-25)17-22-9-5-15-35-22/h2-10,15-18,21H,11-14H2,1H3. The van der Waals surface area contributed by atoms with Crippen LogP contribution in [0.3, 0.4) is 0 Å². The van der Waals surface area contributed by atoms with Crippen molar-refractivity contribution in [1.29, 1.82) is 0 Å². The molecule has 1 saturated heterocycles. The maximum Gasteiger partial charge on any atom is 0.255 e. The van der Waals surface area contributed by atoms with Crippen molar-refractivity contribution in [1.82, 2.24) is 15.0 Å². The first kappa shape index (κ1) is 24.0. The third kappa shape index (κ3) is 4.97. The Labute approximate surface area is 227 Å². The van der Waals surface area contributed by atoms with E-state index in [1.165, 1.54) is 0 Å². The first-order valence-corrected chi connectivity index (χ1v) is 14.9. The van der Waals surface area contributed by atoms with Gasteiger partial charge in [0.15, 0.2) is 0 Å². The van der Waals surface area contributed by atoms with Gasteiger partial charge >= 0.3 is 0 Å². The van der Waals surface area contributed by atoms with Gasteiger partial charge in [-0.25, -0.2) is 4.98 Å². The summed E-state index contributed by atoms with van der Waals surface area (Å²) in [5, 5.41) is 11.6. The zero-order valence-electron chi connectivity index (χ0n) is 20.3. The molecule has 0 spiro atoms. The molecular weight excluding hydrogens is 519 g/mol. The lowest BCUT2D eigenvalue weighted by atomic mass is 9.96. The van der Waals surface area contributed by atoms with E-state index in [1.54, 1.807) is 34.0 Å². The third-order valence-corrected chi connectivity index (χ3v) is 9.40. The number of likely N-dealkylation sites (tertiary alicyclic amines) is 1. The molecule has 1 aliphatic heterocycles. The van der Waals surface area contributed by atoms with Crippen LogP contribution in [0, 0.1) is 6.92 Å². The number of thiophene rings is 2. The van der Waals surface area contributed by atoms with Crippen molar-refractivity contribution in [3.63, 3.8) is 0 Å². The summed E-state index contributed by atoms with van der Waals surface area (Å²) in [6.07, 6.45) is 3.84. The maximum absolute atomic E-state index is 13.6. The second-order valence-electron chi connectivity index (χ2n) is 9.02. The number of piperidine rings is 1. The Balaban J connectivity index is 1.18. The Kier molecular flexibility index (Phi) is 6.87. The van der Waals surface area contributed by atoms with Gasteiger partial charge in [0.2, 0.25) is 0 Å². The highest BCUT2D eigenvalue weighted by Crippen LogP contribution is 2.38. The molecule has 0 aliphatic carbocycles. The summed E-state index contributed by atoms with van der Waals surface area (Å²) in [4.78, 5) is 22.7. The van der Waals surface area contributed by atoms with Gasteiger partial charge < -0.3 is 9.42 Å². The minimum absolute atomic E-state index is 0.113. The summed E-state index contributed by atoms with van der Waals surface area (Å²) < 4.78 is 5.56. The summed E-state index contributed by atoms with van der Waals surface area (Å²) >= 11 is 4.95. The Hall–Kier alpha value is -3.33. The predicted octanol–water partition coefficient (Wildman–Crippen LogP) is 7.84. The normalized spacial score (nSPS) is 14.8. The second-order valence-corrected chi connectivity index (χ2v) is 11.8. The van der Waals surface area contributed by atoms with E-state index in [9.17, 15) is 4.79 Å². The molecule has 5 heterocycles. The van der Waals surface area contributed by atoms with Gasteiger partial charge in [0, 0.05) is 39.7 Å². The molecule has 186 valence electrons. The Morgan fingerprint density at radius 3 is 2.51 bits per heavy atom. The SMILES string of the molecule is Cc1onc(-c2ccccc2)c1-c1csc(C2CCN(C(=O)C(=Cc3cccs3)c3cccs3)CC2)n1. The largest absolute Gasteiger partial charge is 0.360 e. The van der Waals surface area contributed by atoms with E-state index in [0.29, 0.717) is 5.92 Å². The highest BCUT2D eigenvalue weighted by Gasteiger charge is 2.29. The number of aryl methyl sites for hydroxylation is 1. The molecule has 0 N–H and O–H groups in total. The van der Waals surface area contributed by atoms with Gasteiger partial charge in [0.25, 0.3) is 5.91 Å². The monoisotopic (exact) mass is 543 g/mol. The van der Waals surface area contributed by atoms with Gasteiger partial charge in [0.1, 0.15) is 11.5 Å². The van der Waals surface area contributed by atoms with Gasteiger partial charge in [-0.2, -0.15) is 0 Å². The van der Waals surface area contributed by atoms with Crippen molar-refractivity contribution in [3.8, 4) is 22.5 Å². The molecule has 5 nitrogen and oxygen atoms in total. The first-order chi connectivity index (χ1) is 18.2.